The molecule has 0 aliphatic heterocycles. The number of hydrogen-bond acceptors (Lipinski definition) is 5. The minimum absolute atomic E-state index is 0.210. The molecule has 3 rings (SSSR count). The van der Waals surface area contributed by atoms with Crippen LogP contribution in [0.2, 0.25) is 0 Å². The van der Waals surface area contributed by atoms with E-state index in [1.165, 1.54) is 6.92 Å². The number of amides is 1. The molecule has 0 spiro atoms. The van der Waals surface area contributed by atoms with Gasteiger partial charge in [-0.1, -0.05) is 91.0 Å². The van der Waals surface area contributed by atoms with Gasteiger partial charge < -0.3 is 15.2 Å². The van der Waals surface area contributed by atoms with Gasteiger partial charge in [0.2, 0.25) is 5.60 Å². The summed E-state index contributed by atoms with van der Waals surface area (Å²) >= 11 is 0. The normalized spacial score (nSPS) is 11.9. The number of aliphatic hydroxyl groups is 1. The first-order valence-electron chi connectivity index (χ1n) is 10.3. The van der Waals surface area contributed by atoms with Crippen molar-refractivity contribution in [1.29, 1.82) is 0 Å². The molecule has 6 heteroatoms. The van der Waals surface area contributed by atoms with Crippen molar-refractivity contribution in [3.05, 3.63) is 108 Å². The Hall–Kier alpha value is -3.77. The molecule has 6 nitrogen and oxygen atoms in total. The molecule has 0 bridgehead atoms. The van der Waals surface area contributed by atoms with Crippen LogP contribution in [0.3, 0.4) is 0 Å². The van der Waals surface area contributed by atoms with E-state index in [1.54, 1.807) is 60.7 Å². The molecular weight excluding hydrogens is 406 g/mol. The standard InChI is InChI=1S/C26H25NO5/c1-19(28)23(17-20-11-5-2-6-12-20)27-24(29)18-32-25(30)26(31,21-13-7-3-8-14-21)22-15-9-4-10-16-22/h2-16,23,31H,17-18H2,1H3,(H,27,29). The molecular formula is C26H25NO5. The highest BCUT2D eigenvalue weighted by Crippen LogP contribution is 2.30. The van der Waals surface area contributed by atoms with E-state index in [2.05, 4.69) is 5.32 Å². The van der Waals surface area contributed by atoms with Crippen LogP contribution < -0.4 is 5.32 Å². The molecule has 0 saturated heterocycles. The molecule has 0 saturated carbocycles. The van der Waals surface area contributed by atoms with E-state index < -0.39 is 30.1 Å². The van der Waals surface area contributed by atoms with Gasteiger partial charge in [-0.15, -0.1) is 0 Å². The summed E-state index contributed by atoms with van der Waals surface area (Å²) in [5.41, 5.74) is -0.538. The average Bonchev–Trinajstić information content (AvgIpc) is 2.83. The summed E-state index contributed by atoms with van der Waals surface area (Å²) in [4.78, 5) is 37.4. The Morgan fingerprint density at radius 3 is 1.78 bits per heavy atom. The summed E-state index contributed by atoms with van der Waals surface area (Å²) < 4.78 is 5.20. The van der Waals surface area contributed by atoms with Crippen molar-refractivity contribution in [3.63, 3.8) is 0 Å². The second kappa shape index (κ2) is 10.5. The summed E-state index contributed by atoms with van der Waals surface area (Å²) in [6.07, 6.45) is 0.327. The van der Waals surface area contributed by atoms with Crippen LogP contribution in [0.5, 0.6) is 0 Å². The van der Waals surface area contributed by atoms with Gasteiger partial charge in [-0.25, -0.2) is 4.79 Å². The van der Waals surface area contributed by atoms with Gasteiger partial charge in [0.1, 0.15) is 0 Å². The zero-order valence-corrected chi connectivity index (χ0v) is 17.7. The van der Waals surface area contributed by atoms with Gasteiger partial charge in [-0.3, -0.25) is 9.59 Å². The van der Waals surface area contributed by atoms with Gasteiger partial charge >= 0.3 is 5.97 Å². The molecule has 1 unspecified atom stereocenters. The van der Waals surface area contributed by atoms with Crippen molar-refractivity contribution in [2.45, 2.75) is 25.0 Å². The highest BCUT2D eigenvalue weighted by atomic mass is 16.6. The molecule has 2 N–H and O–H groups in total. The van der Waals surface area contributed by atoms with E-state index in [4.69, 9.17) is 4.74 Å². The van der Waals surface area contributed by atoms with E-state index in [1.807, 2.05) is 30.3 Å². The highest BCUT2D eigenvalue weighted by Gasteiger charge is 2.41. The lowest BCUT2D eigenvalue weighted by Crippen LogP contribution is -2.45. The largest absolute Gasteiger partial charge is 0.453 e. The maximum absolute atomic E-state index is 13.0. The zero-order valence-electron chi connectivity index (χ0n) is 17.7. The molecule has 0 aliphatic carbocycles. The topological polar surface area (TPSA) is 92.7 Å². The Morgan fingerprint density at radius 1 is 0.844 bits per heavy atom. The number of Topliss-reactive ketones (excluding diaryl/α,β-unsaturated/α-hetero) is 1. The maximum Gasteiger partial charge on any atom is 0.348 e. The highest BCUT2D eigenvalue weighted by molar-refractivity contribution is 5.90. The van der Waals surface area contributed by atoms with Gasteiger partial charge in [-0.2, -0.15) is 0 Å². The van der Waals surface area contributed by atoms with Gasteiger partial charge in [0.05, 0.1) is 6.04 Å². The Labute approximate surface area is 186 Å². The van der Waals surface area contributed by atoms with Crippen LogP contribution >= 0.6 is 0 Å². The predicted octanol–water partition coefficient (Wildman–Crippen LogP) is 2.78. The van der Waals surface area contributed by atoms with Crippen LogP contribution in [0.15, 0.2) is 91.0 Å². The van der Waals surface area contributed by atoms with E-state index >= 15 is 0 Å². The third-order valence-electron chi connectivity index (χ3n) is 5.12. The van der Waals surface area contributed by atoms with Gasteiger partial charge in [0.25, 0.3) is 5.91 Å². The van der Waals surface area contributed by atoms with E-state index in [0.29, 0.717) is 17.5 Å². The van der Waals surface area contributed by atoms with Gasteiger partial charge in [-0.05, 0) is 30.0 Å². The Bertz CT molecular complexity index is 1010. The van der Waals surface area contributed by atoms with Crippen molar-refractivity contribution < 1.29 is 24.2 Å². The molecule has 32 heavy (non-hydrogen) atoms. The van der Waals surface area contributed by atoms with Crippen LogP contribution in [0.4, 0.5) is 0 Å². The maximum atomic E-state index is 13.0. The van der Waals surface area contributed by atoms with Crippen LogP contribution in [-0.2, 0) is 31.1 Å². The number of ketones is 1. The second-order valence-corrected chi connectivity index (χ2v) is 7.44. The molecule has 0 aliphatic rings. The number of benzene rings is 3. The number of ether oxygens (including phenoxy) is 1. The summed E-state index contributed by atoms with van der Waals surface area (Å²) in [5.74, 6) is -1.82. The van der Waals surface area contributed by atoms with Crippen LogP contribution in [-0.4, -0.2) is 35.4 Å². The first-order valence-corrected chi connectivity index (χ1v) is 10.3. The molecule has 0 radical (unpaired) electrons. The number of carbonyl (C=O) groups is 3. The number of hydrogen-bond donors (Lipinski definition) is 2. The van der Waals surface area contributed by atoms with E-state index in [0.717, 1.165) is 5.56 Å². The van der Waals surface area contributed by atoms with Crippen molar-refractivity contribution in [3.8, 4) is 0 Å². The third-order valence-corrected chi connectivity index (χ3v) is 5.12. The van der Waals surface area contributed by atoms with E-state index in [9.17, 15) is 19.5 Å². The van der Waals surface area contributed by atoms with Crippen LogP contribution in [0, 0.1) is 0 Å². The molecule has 3 aromatic carbocycles. The van der Waals surface area contributed by atoms with Crippen molar-refractivity contribution in [1.82, 2.24) is 5.32 Å². The monoisotopic (exact) mass is 431 g/mol. The summed E-state index contributed by atoms with van der Waals surface area (Å²) in [6.45, 7) is 0.767. The molecule has 0 heterocycles. The Balaban J connectivity index is 1.70. The summed E-state index contributed by atoms with van der Waals surface area (Å²) in [6, 6.07) is 25.3. The Kier molecular flexibility index (Phi) is 7.52. The predicted molar refractivity (Wildman–Crippen MR) is 120 cm³/mol. The fourth-order valence-corrected chi connectivity index (χ4v) is 3.38. The summed E-state index contributed by atoms with van der Waals surface area (Å²) in [5, 5.41) is 13.9. The Morgan fingerprint density at radius 2 is 1.31 bits per heavy atom. The fourth-order valence-electron chi connectivity index (χ4n) is 3.38. The van der Waals surface area contributed by atoms with E-state index in [-0.39, 0.29) is 5.78 Å². The summed E-state index contributed by atoms with van der Waals surface area (Å²) in [7, 11) is 0. The lowest BCUT2D eigenvalue weighted by Gasteiger charge is -2.27. The number of nitrogens with one attached hydrogen (secondary N) is 1. The minimum Gasteiger partial charge on any atom is -0.453 e. The molecule has 1 atom stereocenters. The van der Waals surface area contributed by atoms with Crippen LogP contribution in [0.1, 0.15) is 23.6 Å². The third kappa shape index (κ3) is 5.47. The number of carbonyl (C=O) groups excluding carboxylic acids is 3. The molecule has 0 fully saturated rings. The lowest BCUT2D eigenvalue weighted by atomic mass is 9.86. The van der Waals surface area contributed by atoms with Crippen molar-refractivity contribution >= 4 is 17.7 Å². The van der Waals surface area contributed by atoms with Gasteiger partial charge in [0, 0.05) is 0 Å². The molecule has 0 aromatic heterocycles. The fraction of sp³-hybridized carbons (Fsp3) is 0.192. The average molecular weight is 431 g/mol. The quantitative estimate of drug-likeness (QED) is 0.508. The zero-order chi connectivity index (χ0) is 23.0. The first kappa shape index (κ1) is 22.9. The van der Waals surface area contributed by atoms with Crippen LogP contribution in [0.25, 0.3) is 0 Å². The molecule has 164 valence electrons. The minimum atomic E-state index is -2.08. The first-order chi connectivity index (χ1) is 15.4. The van der Waals surface area contributed by atoms with Gasteiger partial charge in [0.15, 0.2) is 12.4 Å². The van der Waals surface area contributed by atoms with Crippen molar-refractivity contribution in [2.75, 3.05) is 6.61 Å². The SMILES string of the molecule is CC(=O)C(Cc1ccccc1)NC(=O)COC(=O)C(O)(c1ccccc1)c1ccccc1. The lowest BCUT2D eigenvalue weighted by molar-refractivity contribution is -0.164. The molecule has 3 aromatic rings. The number of rotatable bonds is 9. The van der Waals surface area contributed by atoms with Crippen molar-refractivity contribution in [2.24, 2.45) is 0 Å². The molecule has 1 amide bonds. The smallest absolute Gasteiger partial charge is 0.348 e. The second-order valence-electron chi connectivity index (χ2n) is 7.44. The number of esters is 1.